The molecular formula is C30H29Cl2N3O3. The van der Waals surface area contributed by atoms with Crippen LogP contribution in [0.3, 0.4) is 0 Å². The summed E-state index contributed by atoms with van der Waals surface area (Å²) in [5.41, 5.74) is 4.40. The summed E-state index contributed by atoms with van der Waals surface area (Å²) >= 11 is 13.0. The van der Waals surface area contributed by atoms with Crippen molar-refractivity contribution in [2.75, 3.05) is 7.11 Å². The third kappa shape index (κ3) is 4.00. The molecule has 0 amide bonds. The Morgan fingerprint density at radius 1 is 0.974 bits per heavy atom. The number of rotatable bonds is 7. The van der Waals surface area contributed by atoms with E-state index in [9.17, 15) is 0 Å². The first-order chi connectivity index (χ1) is 18.5. The zero-order chi connectivity index (χ0) is 25.9. The van der Waals surface area contributed by atoms with Gasteiger partial charge in [-0.15, -0.1) is 0 Å². The number of fused-ring (bicyclic) bond motifs is 4. The van der Waals surface area contributed by atoms with Crippen molar-refractivity contribution in [3.63, 3.8) is 0 Å². The zero-order valence-electron chi connectivity index (χ0n) is 21.3. The van der Waals surface area contributed by atoms with E-state index in [1.165, 1.54) is 5.69 Å². The predicted octanol–water partition coefficient (Wildman–Crippen LogP) is 8.04. The number of benzene rings is 1. The lowest BCUT2D eigenvalue weighted by atomic mass is 9.57. The van der Waals surface area contributed by atoms with Gasteiger partial charge in [0.15, 0.2) is 0 Å². The molecule has 4 saturated carbocycles. The van der Waals surface area contributed by atoms with Crippen LogP contribution < -0.4 is 4.74 Å². The normalized spacial score (nSPS) is 24.7. The molecule has 0 spiro atoms. The van der Waals surface area contributed by atoms with Crippen molar-refractivity contribution in [1.82, 2.24) is 15.1 Å². The first-order valence-electron chi connectivity index (χ1n) is 13.4. The Bertz CT molecular complexity index is 1490. The Morgan fingerprint density at radius 2 is 1.71 bits per heavy atom. The molecule has 8 rings (SSSR count). The molecule has 4 aliphatic rings. The number of hydrogen-bond acceptors (Lipinski definition) is 6. The van der Waals surface area contributed by atoms with Gasteiger partial charge in [-0.05, 0) is 63.5 Å². The number of methoxy groups -OCH3 is 1. The number of pyridine rings is 2. The maximum Gasteiger partial charge on any atom is 0.145 e. The van der Waals surface area contributed by atoms with Gasteiger partial charge >= 0.3 is 0 Å². The second-order valence-electron chi connectivity index (χ2n) is 11.1. The van der Waals surface area contributed by atoms with Gasteiger partial charge in [0.2, 0.25) is 0 Å². The van der Waals surface area contributed by atoms with E-state index in [1.807, 2.05) is 12.1 Å². The van der Waals surface area contributed by atoms with Gasteiger partial charge in [-0.2, -0.15) is 0 Å². The molecule has 0 unspecified atom stereocenters. The summed E-state index contributed by atoms with van der Waals surface area (Å²) in [6.07, 6.45) is 11.6. The number of ether oxygens (including phenoxy) is 2. The largest absolute Gasteiger partial charge is 0.494 e. The van der Waals surface area contributed by atoms with Gasteiger partial charge in [0, 0.05) is 45.9 Å². The fourth-order valence-corrected chi connectivity index (χ4v) is 7.06. The molecule has 0 atom stereocenters. The van der Waals surface area contributed by atoms with Gasteiger partial charge in [0.05, 0.1) is 29.4 Å². The van der Waals surface area contributed by atoms with Crippen molar-refractivity contribution in [3.05, 3.63) is 69.8 Å². The minimum absolute atomic E-state index is 0.0970. The molecule has 0 aliphatic heterocycles. The average Bonchev–Trinajstić information content (AvgIpc) is 3.72. The highest BCUT2D eigenvalue weighted by Crippen LogP contribution is 2.55. The van der Waals surface area contributed by atoms with Gasteiger partial charge in [0.25, 0.3) is 0 Å². The zero-order valence-corrected chi connectivity index (χ0v) is 22.8. The Labute approximate surface area is 231 Å². The Balaban J connectivity index is 1.13. The molecule has 0 radical (unpaired) electrons. The number of halogens is 2. The second-order valence-corrected chi connectivity index (χ2v) is 11.9. The van der Waals surface area contributed by atoms with Crippen LogP contribution in [0.15, 0.2) is 47.2 Å². The molecule has 1 aromatic carbocycles. The van der Waals surface area contributed by atoms with Gasteiger partial charge in [-0.25, -0.2) is 4.98 Å². The smallest absolute Gasteiger partial charge is 0.145 e. The molecular weight excluding hydrogens is 521 g/mol. The van der Waals surface area contributed by atoms with Crippen LogP contribution in [0.4, 0.5) is 0 Å². The lowest BCUT2D eigenvalue weighted by molar-refractivity contribution is -0.127. The quantitative estimate of drug-likeness (QED) is 0.232. The average molecular weight is 550 g/mol. The Hall–Kier alpha value is -2.67. The lowest BCUT2D eigenvalue weighted by Crippen LogP contribution is -2.50. The molecule has 196 valence electrons. The van der Waals surface area contributed by atoms with Gasteiger partial charge < -0.3 is 14.0 Å². The summed E-state index contributed by atoms with van der Waals surface area (Å²) in [4.78, 5) is 9.22. The van der Waals surface area contributed by atoms with E-state index in [2.05, 4.69) is 28.3 Å². The Kier molecular flexibility index (Phi) is 5.91. The summed E-state index contributed by atoms with van der Waals surface area (Å²) in [6, 6.07) is 10.5. The number of aromatic nitrogens is 3. The Morgan fingerprint density at radius 3 is 2.39 bits per heavy atom. The first-order valence-corrected chi connectivity index (χ1v) is 14.1. The fourth-order valence-electron chi connectivity index (χ4n) is 6.52. The van der Waals surface area contributed by atoms with Crippen LogP contribution >= 0.6 is 23.2 Å². The molecule has 4 aliphatic carbocycles. The number of hydrogen-bond donors (Lipinski definition) is 0. The van der Waals surface area contributed by atoms with Crippen LogP contribution in [0.25, 0.3) is 22.2 Å². The SMILES string of the molecule is COc1cccc2ccc(C34CCC(OCc5c(-c6c(Cl)cncc6Cl)noc5C5CC5)(CC3)CC4)nc12. The molecule has 0 saturated heterocycles. The maximum absolute atomic E-state index is 6.81. The van der Waals surface area contributed by atoms with Gasteiger partial charge in [0.1, 0.15) is 22.7 Å². The molecule has 4 aromatic rings. The summed E-state index contributed by atoms with van der Waals surface area (Å²) < 4.78 is 18.3. The van der Waals surface area contributed by atoms with Crippen LogP contribution in [0.1, 0.15) is 74.3 Å². The van der Waals surface area contributed by atoms with E-state index in [0.717, 1.165) is 79.3 Å². The minimum atomic E-state index is -0.141. The van der Waals surface area contributed by atoms with Crippen LogP contribution in [0.2, 0.25) is 10.0 Å². The monoisotopic (exact) mass is 549 g/mol. The predicted molar refractivity (Wildman–Crippen MR) is 147 cm³/mol. The fraction of sp³-hybridized carbons (Fsp3) is 0.433. The summed E-state index contributed by atoms with van der Waals surface area (Å²) in [5, 5.41) is 6.45. The van der Waals surface area contributed by atoms with E-state index < -0.39 is 0 Å². The van der Waals surface area contributed by atoms with E-state index >= 15 is 0 Å². The molecule has 2 bridgehead atoms. The molecule has 0 N–H and O–H groups in total. The van der Waals surface area contributed by atoms with Gasteiger partial charge in [-0.1, -0.05) is 46.6 Å². The van der Waals surface area contributed by atoms with Gasteiger partial charge in [-0.3, -0.25) is 4.98 Å². The second kappa shape index (κ2) is 9.22. The van der Waals surface area contributed by atoms with E-state index in [0.29, 0.717) is 33.8 Å². The van der Waals surface area contributed by atoms with E-state index in [1.54, 1.807) is 19.5 Å². The van der Waals surface area contributed by atoms with E-state index in [4.69, 9.17) is 42.2 Å². The highest BCUT2D eigenvalue weighted by Gasteiger charge is 2.51. The third-order valence-corrected chi connectivity index (χ3v) is 9.58. The highest BCUT2D eigenvalue weighted by molar-refractivity contribution is 6.38. The van der Waals surface area contributed by atoms with Crippen LogP contribution in [-0.4, -0.2) is 27.8 Å². The van der Waals surface area contributed by atoms with Crippen LogP contribution in [0.5, 0.6) is 5.75 Å². The van der Waals surface area contributed by atoms with E-state index in [-0.39, 0.29) is 11.0 Å². The van der Waals surface area contributed by atoms with Crippen molar-refractivity contribution in [1.29, 1.82) is 0 Å². The van der Waals surface area contributed by atoms with Crippen LogP contribution in [0, 0.1) is 0 Å². The minimum Gasteiger partial charge on any atom is -0.494 e. The highest BCUT2D eigenvalue weighted by atomic mass is 35.5. The maximum atomic E-state index is 6.81. The number of para-hydroxylation sites is 1. The van der Waals surface area contributed by atoms with Crippen molar-refractivity contribution >= 4 is 34.1 Å². The summed E-state index contributed by atoms with van der Waals surface area (Å²) in [7, 11) is 1.71. The third-order valence-electron chi connectivity index (χ3n) is 9.00. The molecule has 4 fully saturated rings. The lowest BCUT2D eigenvalue weighted by Gasteiger charge is -2.52. The molecule has 38 heavy (non-hydrogen) atoms. The first kappa shape index (κ1) is 24.4. The standard InChI is InChI=1S/C30H29Cl2N3O3/c1-36-23-4-2-3-18-7-8-24(34-26(18)23)29-9-12-30(13-10-29,14-11-29)37-17-20-27(35-38-28(20)19-5-6-19)25-21(31)15-33-16-22(25)32/h2-4,7-8,15-16,19H,5-6,9-14,17H2,1H3. The molecule has 3 aromatic heterocycles. The van der Waals surface area contributed by atoms with Crippen molar-refractivity contribution in [2.24, 2.45) is 0 Å². The van der Waals surface area contributed by atoms with Crippen molar-refractivity contribution in [2.45, 2.75) is 74.9 Å². The number of nitrogens with zero attached hydrogens (tertiary/aromatic N) is 3. The molecule has 6 nitrogen and oxygen atoms in total. The van der Waals surface area contributed by atoms with Crippen molar-refractivity contribution in [3.8, 4) is 17.0 Å². The summed E-state index contributed by atoms with van der Waals surface area (Å²) in [5.74, 6) is 2.14. The topological polar surface area (TPSA) is 70.3 Å². The van der Waals surface area contributed by atoms with Crippen LogP contribution in [-0.2, 0) is 16.8 Å². The molecule has 3 heterocycles. The van der Waals surface area contributed by atoms with Crippen molar-refractivity contribution < 1.29 is 14.0 Å². The summed E-state index contributed by atoms with van der Waals surface area (Å²) in [6.45, 7) is 0.443. The molecule has 8 heteroatoms.